The molecule has 0 aliphatic carbocycles. The van der Waals surface area contributed by atoms with E-state index in [1.165, 1.54) is 0 Å². The molecule has 11 aromatic rings. The number of furan rings is 2. The number of benzene rings is 8. The number of rotatable bonds is 6. The summed E-state index contributed by atoms with van der Waals surface area (Å²) in [5, 5.41) is 4.13. The zero-order valence-electron chi connectivity index (χ0n) is 30.1. The maximum Gasteiger partial charge on any atom is 0.164 e. The molecule has 11 rings (SSSR count). The lowest BCUT2D eigenvalue weighted by molar-refractivity contribution is 0.669. The fourth-order valence-electron chi connectivity index (χ4n) is 8.00. The van der Waals surface area contributed by atoms with Crippen molar-refractivity contribution in [1.82, 2.24) is 15.0 Å². The number of hydrogen-bond donors (Lipinski definition) is 0. The third-order valence-corrected chi connectivity index (χ3v) is 10.6. The molecule has 3 heterocycles. The molecule has 5 heteroatoms. The van der Waals surface area contributed by atoms with Crippen LogP contribution in [0.4, 0.5) is 0 Å². The lowest BCUT2D eigenvalue weighted by Crippen LogP contribution is -2.02. The number of para-hydroxylation sites is 3. The molecule has 0 aliphatic rings. The Labute approximate surface area is 322 Å². The summed E-state index contributed by atoms with van der Waals surface area (Å²) in [5.74, 6) is 1.71. The summed E-state index contributed by atoms with van der Waals surface area (Å²) >= 11 is 0. The Bertz CT molecular complexity index is 3240. The van der Waals surface area contributed by atoms with Gasteiger partial charge < -0.3 is 8.83 Å². The Morgan fingerprint density at radius 2 is 0.821 bits per heavy atom. The van der Waals surface area contributed by atoms with Gasteiger partial charge in [0.1, 0.15) is 22.3 Å². The second-order valence-corrected chi connectivity index (χ2v) is 13.9. The van der Waals surface area contributed by atoms with Crippen LogP contribution in [-0.2, 0) is 0 Å². The van der Waals surface area contributed by atoms with Crippen LogP contribution in [0.1, 0.15) is 0 Å². The molecule has 56 heavy (non-hydrogen) atoms. The smallest absolute Gasteiger partial charge is 0.164 e. The van der Waals surface area contributed by atoms with Gasteiger partial charge in [-0.25, -0.2) is 15.0 Å². The zero-order valence-corrected chi connectivity index (χ0v) is 30.1. The minimum atomic E-state index is 0.563. The Hall–Kier alpha value is -7.63. The molecule has 0 saturated carbocycles. The topological polar surface area (TPSA) is 65.0 Å². The van der Waals surface area contributed by atoms with Crippen LogP contribution in [0, 0.1) is 0 Å². The summed E-state index contributed by atoms with van der Waals surface area (Å²) in [6.45, 7) is 0. The van der Waals surface area contributed by atoms with Gasteiger partial charge in [0.05, 0.1) is 0 Å². The highest BCUT2D eigenvalue weighted by Crippen LogP contribution is 2.46. The van der Waals surface area contributed by atoms with E-state index < -0.39 is 0 Å². The van der Waals surface area contributed by atoms with Crippen molar-refractivity contribution in [3.05, 3.63) is 188 Å². The van der Waals surface area contributed by atoms with E-state index in [-0.39, 0.29) is 0 Å². The Morgan fingerprint density at radius 3 is 1.57 bits per heavy atom. The highest BCUT2D eigenvalue weighted by molar-refractivity contribution is 6.13. The van der Waals surface area contributed by atoms with Gasteiger partial charge in [-0.3, -0.25) is 0 Å². The average molecular weight is 718 g/mol. The molecule has 0 amide bonds. The van der Waals surface area contributed by atoms with E-state index in [1.807, 2.05) is 84.9 Å². The standard InChI is InChI=1S/C51H31N3O2/c1-4-16-32(17-5-1)35-30-41(38-25-14-24-37-36-22-10-12-27-43(36)56-48(37)38)46(33-18-6-2-7-19-33)42(31-35)51-53-49(34-20-8-3-9-21-34)52-50(54-51)40-26-15-29-45-47(40)39-23-11-13-28-44(39)55-45/h1-31H. The minimum absolute atomic E-state index is 0.563. The normalized spacial score (nSPS) is 11.6. The van der Waals surface area contributed by atoms with Gasteiger partial charge in [0.15, 0.2) is 17.5 Å². The van der Waals surface area contributed by atoms with Crippen molar-refractivity contribution in [3.63, 3.8) is 0 Å². The Kier molecular flexibility index (Phi) is 7.42. The maximum atomic E-state index is 6.69. The van der Waals surface area contributed by atoms with Crippen molar-refractivity contribution in [2.24, 2.45) is 0 Å². The van der Waals surface area contributed by atoms with Crippen LogP contribution in [-0.4, -0.2) is 15.0 Å². The summed E-state index contributed by atoms with van der Waals surface area (Å²) in [5.41, 5.74) is 12.1. The van der Waals surface area contributed by atoms with E-state index in [2.05, 4.69) is 103 Å². The summed E-state index contributed by atoms with van der Waals surface area (Å²) in [4.78, 5) is 15.9. The first-order valence-electron chi connectivity index (χ1n) is 18.7. The molecule has 0 unspecified atom stereocenters. The molecular formula is C51H31N3O2. The van der Waals surface area contributed by atoms with Gasteiger partial charge in [0.25, 0.3) is 0 Å². The molecular weight excluding hydrogens is 687 g/mol. The van der Waals surface area contributed by atoms with Gasteiger partial charge in [0, 0.05) is 49.4 Å². The molecule has 0 radical (unpaired) electrons. The SMILES string of the molecule is c1ccc(-c2cc(-c3nc(-c4ccccc4)nc(-c4cccc5oc6ccccc6c45)n3)c(-c3ccccc3)c(-c3cccc4c3oc3ccccc34)c2)cc1. The van der Waals surface area contributed by atoms with Gasteiger partial charge in [0.2, 0.25) is 0 Å². The van der Waals surface area contributed by atoms with Crippen LogP contribution in [0.3, 0.4) is 0 Å². The fraction of sp³-hybridized carbons (Fsp3) is 0. The van der Waals surface area contributed by atoms with Crippen LogP contribution >= 0.6 is 0 Å². The van der Waals surface area contributed by atoms with E-state index in [4.69, 9.17) is 23.8 Å². The van der Waals surface area contributed by atoms with Gasteiger partial charge in [-0.2, -0.15) is 0 Å². The van der Waals surface area contributed by atoms with Crippen molar-refractivity contribution in [2.45, 2.75) is 0 Å². The van der Waals surface area contributed by atoms with Crippen molar-refractivity contribution < 1.29 is 8.83 Å². The number of fused-ring (bicyclic) bond motifs is 6. The summed E-state index contributed by atoms with van der Waals surface area (Å²) < 4.78 is 13.0. The van der Waals surface area contributed by atoms with Crippen LogP contribution in [0.15, 0.2) is 197 Å². The van der Waals surface area contributed by atoms with Gasteiger partial charge >= 0.3 is 0 Å². The van der Waals surface area contributed by atoms with Crippen molar-refractivity contribution >= 4 is 43.9 Å². The van der Waals surface area contributed by atoms with Gasteiger partial charge in [-0.15, -0.1) is 0 Å². The molecule has 0 N–H and O–H groups in total. The van der Waals surface area contributed by atoms with Crippen molar-refractivity contribution in [3.8, 4) is 67.5 Å². The van der Waals surface area contributed by atoms with Crippen LogP contribution in [0.2, 0.25) is 0 Å². The van der Waals surface area contributed by atoms with E-state index in [0.717, 1.165) is 93.9 Å². The molecule has 0 atom stereocenters. The molecule has 0 saturated heterocycles. The van der Waals surface area contributed by atoms with E-state index in [1.54, 1.807) is 0 Å². The summed E-state index contributed by atoms with van der Waals surface area (Å²) in [6, 6.07) is 64.5. The third kappa shape index (κ3) is 5.29. The summed E-state index contributed by atoms with van der Waals surface area (Å²) in [6.07, 6.45) is 0. The van der Waals surface area contributed by atoms with Crippen LogP contribution in [0.25, 0.3) is 111 Å². The quantitative estimate of drug-likeness (QED) is 0.171. The van der Waals surface area contributed by atoms with Gasteiger partial charge in [-0.1, -0.05) is 158 Å². The first kappa shape index (κ1) is 31.9. The molecule has 5 nitrogen and oxygen atoms in total. The lowest BCUT2D eigenvalue weighted by Gasteiger charge is -2.19. The number of hydrogen-bond acceptors (Lipinski definition) is 5. The molecule has 262 valence electrons. The molecule has 0 aliphatic heterocycles. The summed E-state index contributed by atoms with van der Waals surface area (Å²) in [7, 11) is 0. The first-order chi connectivity index (χ1) is 27.8. The predicted octanol–water partition coefficient (Wildman–Crippen LogP) is 13.7. The average Bonchev–Trinajstić information content (AvgIpc) is 3.86. The molecule has 0 bridgehead atoms. The Balaban J connectivity index is 1.26. The van der Waals surface area contributed by atoms with Gasteiger partial charge in [-0.05, 0) is 52.6 Å². The molecule has 8 aromatic carbocycles. The largest absolute Gasteiger partial charge is 0.456 e. The minimum Gasteiger partial charge on any atom is -0.456 e. The fourth-order valence-corrected chi connectivity index (χ4v) is 8.00. The maximum absolute atomic E-state index is 6.69. The van der Waals surface area contributed by atoms with E-state index >= 15 is 0 Å². The molecule has 0 spiro atoms. The second-order valence-electron chi connectivity index (χ2n) is 13.9. The van der Waals surface area contributed by atoms with Crippen LogP contribution in [0.5, 0.6) is 0 Å². The lowest BCUT2D eigenvalue weighted by atomic mass is 9.86. The van der Waals surface area contributed by atoms with E-state index in [9.17, 15) is 0 Å². The van der Waals surface area contributed by atoms with Crippen molar-refractivity contribution in [2.75, 3.05) is 0 Å². The predicted molar refractivity (Wildman–Crippen MR) is 227 cm³/mol. The van der Waals surface area contributed by atoms with Crippen LogP contribution < -0.4 is 0 Å². The third-order valence-electron chi connectivity index (χ3n) is 10.6. The Morgan fingerprint density at radius 1 is 0.304 bits per heavy atom. The highest BCUT2D eigenvalue weighted by atomic mass is 16.3. The number of aromatic nitrogens is 3. The van der Waals surface area contributed by atoms with Crippen molar-refractivity contribution in [1.29, 1.82) is 0 Å². The molecule has 0 fully saturated rings. The highest BCUT2D eigenvalue weighted by Gasteiger charge is 2.24. The molecule has 3 aromatic heterocycles. The zero-order chi connectivity index (χ0) is 37.0. The van der Waals surface area contributed by atoms with E-state index in [0.29, 0.717) is 17.5 Å². The second kappa shape index (κ2) is 13.0. The monoisotopic (exact) mass is 717 g/mol. The number of nitrogens with zero attached hydrogens (tertiary/aromatic N) is 3. The first-order valence-corrected chi connectivity index (χ1v) is 18.7.